The standard InChI is InChI=1S/C19H21N3O2S/c1-24-11-10-20-13-18(23)21-15-8-6-14(7-9-15)12-19-22-16-4-2-3-5-17(16)25-19/h2-9,20H,10-13H2,1H3,(H,21,23). The molecule has 0 saturated heterocycles. The lowest BCUT2D eigenvalue weighted by Gasteiger charge is -2.07. The van der Waals surface area contributed by atoms with Gasteiger partial charge in [-0.25, -0.2) is 4.98 Å². The van der Waals surface area contributed by atoms with Gasteiger partial charge < -0.3 is 15.4 Å². The van der Waals surface area contributed by atoms with Gasteiger partial charge in [-0.05, 0) is 29.8 Å². The quantitative estimate of drug-likeness (QED) is 0.610. The maximum atomic E-state index is 11.8. The number of thiazole rings is 1. The van der Waals surface area contributed by atoms with Gasteiger partial charge in [0.15, 0.2) is 0 Å². The summed E-state index contributed by atoms with van der Waals surface area (Å²) in [6.45, 7) is 1.52. The first-order valence-electron chi connectivity index (χ1n) is 8.17. The Hall–Kier alpha value is -2.28. The predicted octanol–water partition coefficient (Wildman–Crippen LogP) is 3.06. The highest BCUT2D eigenvalue weighted by molar-refractivity contribution is 7.18. The molecule has 0 atom stereocenters. The van der Waals surface area contributed by atoms with E-state index >= 15 is 0 Å². The molecule has 0 fully saturated rings. The molecule has 1 aromatic heterocycles. The fraction of sp³-hybridized carbons (Fsp3) is 0.263. The number of benzene rings is 2. The van der Waals surface area contributed by atoms with E-state index in [9.17, 15) is 4.79 Å². The van der Waals surface area contributed by atoms with E-state index < -0.39 is 0 Å². The number of methoxy groups -OCH3 is 1. The molecule has 1 heterocycles. The first-order valence-corrected chi connectivity index (χ1v) is 8.99. The number of carbonyl (C=O) groups excluding carboxylic acids is 1. The minimum Gasteiger partial charge on any atom is -0.383 e. The number of anilines is 1. The average molecular weight is 355 g/mol. The largest absolute Gasteiger partial charge is 0.383 e. The molecule has 130 valence electrons. The second kappa shape index (κ2) is 8.71. The van der Waals surface area contributed by atoms with Crippen LogP contribution in [0.15, 0.2) is 48.5 Å². The van der Waals surface area contributed by atoms with Gasteiger partial charge in [0.1, 0.15) is 0 Å². The van der Waals surface area contributed by atoms with E-state index in [4.69, 9.17) is 4.74 Å². The molecule has 1 amide bonds. The Labute approximate surface area is 151 Å². The van der Waals surface area contributed by atoms with Crippen molar-refractivity contribution >= 4 is 33.1 Å². The third-order valence-corrected chi connectivity index (χ3v) is 4.74. The van der Waals surface area contributed by atoms with Crippen LogP contribution >= 0.6 is 11.3 Å². The van der Waals surface area contributed by atoms with Crippen molar-refractivity contribution in [2.75, 3.05) is 32.1 Å². The van der Waals surface area contributed by atoms with Crippen LogP contribution in [0, 0.1) is 0 Å². The Kier molecular flexibility index (Phi) is 6.11. The second-order valence-corrected chi connectivity index (χ2v) is 6.78. The third kappa shape index (κ3) is 5.09. The lowest BCUT2D eigenvalue weighted by atomic mass is 10.1. The van der Waals surface area contributed by atoms with Crippen molar-refractivity contribution in [2.24, 2.45) is 0 Å². The summed E-state index contributed by atoms with van der Waals surface area (Å²) in [6.07, 6.45) is 0.798. The van der Waals surface area contributed by atoms with Crippen LogP contribution in [0.3, 0.4) is 0 Å². The summed E-state index contributed by atoms with van der Waals surface area (Å²) in [7, 11) is 1.64. The zero-order valence-electron chi connectivity index (χ0n) is 14.1. The van der Waals surface area contributed by atoms with E-state index in [-0.39, 0.29) is 12.5 Å². The number of hydrogen-bond acceptors (Lipinski definition) is 5. The minimum atomic E-state index is -0.0602. The molecule has 0 spiro atoms. The summed E-state index contributed by atoms with van der Waals surface area (Å²) < 4.78 is 6.14. The number of nitrogens with zero attached hydrogens (tertiary/aromatic N) is 1. The van der Waals surface area contributed by atoms with Crippen LogP contribution in [-0.4, -0.2) is 37.7 Å². The van der Waals surface area contributed by atoms with Crippen LogP contribution in [0.2, 0.25) is 0 Å². The molecular weight excluding hydrogens is 334 g/mol. The average Bonchev–Trinajstić information content (AvgIpc) is 3.03. The molecule has 6 heteroatoms. The van der Waals surface area contributed by atoms with Gasteiger partial charge in [-0.3, -0.25) is 4.79 Å². The van der Waals surface area contributed by atoms with Crippen LogP contribution in [0.4, 0.5) is 5.69 Å². The van der Waals surface area contributed by atoms with Crippen molar-refractivity contribution in [3.8, 4) is 0 Å². The highest BCUT2D eigenvalue weighted by Crippen LogP contribution is 2.24. The molecule has 0 radical (unpaired) electrons. The van der Waals surface area contributed by atoms with E-state index in [2.05, 4.69) is 21.7 Å². The van der Waals surface area contributed by atoms with E-state index in [0.717, 1.165) is 22.6 Å². The molecule has 0 saturated carbocycles. The summed E-state index contributed by atoms with van der Waals surface area (Å²) in [6, 6.07) is 16.1. The van der Waals surface area contributed by atoms with Gasteiger partial charge in [-0.1, -0.05) is 24.3 Å². The predicted molar refractivity (Wildman–Crippen MR) is 102 cm³/mol. The molecule has 0 aliphatic heterocycles. The Morgan fingerprint density at radius 1 is 1.16 bits per heavy atom. The molecule has 0 unspecified atom stereocenters. The summed E-state index contributed by atoms with van der Waals surface area (Å²) >= 11 is 1.72. The first kappa shape index (κ1) is 17.5. The molecule has 5 nitrogen and oxygen atoms in total. The Bertz CT molecular complexity index is 797. The number of para-hydroxylation sites is 1. The molecule has 3 aromatic rings. The SMILES string of the molecule is COCCNCC(=O)Nc1ccc(Cc2nc3ccccc3s2)cc1. The van der Waals surface area contributed by atoms with Gasteiger partial charge in [-0.2, -0.15) is 0 Å². The minimum absolute atomic E-state index is 0.0602. The summed E-state index contributed by atoms with van der Waals surface area (Å²) in [4.78, 5) is 16.5. The van der Waals surface area contributed by atoms with Gasteiger partial charge in [0.2, 0.25) is 5.91 Å². The van der Waals surface area contributed by atoms with Crippen molar-refractivity contribution < 1.29 is 9.53 Å². The van der Waals surface area contributed by atoms with Gasteiger partial charge in [0, 0.05) is 25.8 Å². The van der Waals surface area contributed by atoms with E-state index in [1.54, 1.807) is 18.4 Å². The van der Waals surface area contributed by atoms with Crippen LogP contribution in [-0.2, 0) is 16.0 Å². The zero-order chi connectivity index (χ0) is 17.5. The molecular formula is C19H21N3O2S. The van der Waals surface area contributed by atoms with Gasteiger partial charge in [-0.15, -0.1) is 11.3 Å². The van der Waals surface area contributed by atoms with Crippen LogP contribution in [0.25, 0.3) is 10.2 Å². The highest BCUT2D eigenvalue weighted by atomic mass is 32.1. The number of nitrogens with one attached hydrogen (secondary N) is 2. The highest BCUT2D eigenvalue weighted by Gasteiger charge is 2.05. The molecule has 3 rings (SSSR count). The molecule has 25 heavy (non-hydrogen) atoms. The lowest BCUT2D eigenvalue weighted by molar-refractivity contribution is -0.115. The van der Waals surface area contributed by atoms with Crippen LogP contribution < -0.4 is 10.6 Å². The van der Waals surface area contributed by atoms with Crippen LogP contribution in [0.1, 0.15) is 10.6 Å². The lowest BCUT2D eigenvalue weighted by Crippen LogP contribution is -2.30. The number of aromatic nitrogens is 1. The van der Waals surface area contributed by atoms with Gasteiger partial charge >= 0.3 is 0 Å². The molecule has 0 bridgehead atoms. The van der Waals surface area contributed by atoms with Gasteiger partial charge in [0.25, 0.3) is 0 Å². The number of ether oxygens (including phenoxy) is 1. The normalized spacial score (nSPS) is 10.9. The summed E-state index contributed by atoms with van der Waals surface area (Å²) in [5.74, 6) is -0.0602. The smallest absolute Gasteiger partial charge is 0.238 e. The Morgan fingerprint density at radius 3 is 2.72 bits per heavy atom. The molecule has 2 aromatic carbocycles. The van der Waals surface area contributed by atoms with Crippen molar-refractivity contribution in [1.82, 2.24) is 10.3 Å². The molecule has 0 aliphatic carbocycles. The molecule has 2 N–H and O–H groups in total. The van der Waals surface area contributed by atoms with Crippen molar-refractivity contribution in [3.63, 3.8) is 0 Å². The topological polar surface area (TPSA) is 63.2 Å². The van der Waals surface area contributed by atoms with Crippen molar-refractivity contribution in [3.05, 3.63) is 59.1 Å². The number of hydrogen-bond donors (Lipinski definition) is 2. The number of carbonyl (C=O) groups is 1. The Balaban J connectivity index is 1.54. The summed E-state index contributed by atoms with van der Waals surface area (Å²) in [5.41, 5.74) is 3.02. The fourth-order valence-corrected chi connectivity index (χ4v) is 3.46. The van der Waals surface area contributed by atoms with E-state index in [0.29, 0.717) is 13.2 Å². The molecule has 0 aliphatic rings. The van der Waals surface area contributed by atoms with E-state index in [1.807, 2.05) is 42.5 Å². The number of rotatable bonds is 8. The van der Waals surface area contributed by atoms with Crippen molar-refractivity contribution in [2.45, 2.75) is 6.42 Å². The Morgan fingerprint density at radius 2 is 1.96 bits per heavy atom. The first-order chi connectivity index (χ1) is 12.2. The fourth-order valence-electron chi connectivity index (χ4n) is 2.46. The van der Waals surface area contributed by atoms with Crippen LogP contribution in [0.5, 0.6) is 0 Å². The second-order valence-electron chi connectivity index (χ2n) is 5.67. The maximum Gasteiger partial charge on any atom is 0.238 e. The monoisotopic (exact) mass is 355 g/mol. The maximum absolute atomic E-state index is 11.8. The number of amides is 1. The zero-order valence-corrected chi connectivity index (χ0v) is 14.9. The third-order valence-electron chi connectivity index (χ3n) is 3.70. The van der Waals surface area contributed by atoms with Gasteiger partial charge in [0.05, 0.1) is 28.4 Å². The van der Waals surface area contributed by atoms with Crippen molar-refractivity contribution in [1.29, 1.82) is 0 Å². The number of fused-ring (bicyclic) bond motifs is 1. The van der Waals surface area contributed by atoms with E-state index in [1.165, 1.54) is 10.3 Å². The summed E-state index contributed by atoms with van der Waals surface area (Å²) in [5, 5.41) is 6.99.